The number of aromatic nitrogens is 1. The van der Waals surface area contributed by atoms with Crippen molar-refractivity contribution in [3.63, 3.8) is 0 Å². The zero-order chi connectivity index (χ0) is 14.0. The first-order valence-electron chi connectivity index (χ1n) is 5.52. The highest BCUT2D eigenvalue weighted by Crippen LogP contribution is 2.32. The predicted molar refractivity (Wildman–Crippen MR) is 66.1 cm³/mol. The Bertz CT molecular complexity index is 581. The largest absolute Gasteiger partial charge is 0.416 e. The van der Waals surface area contributed by atoms with Crippen LogP contribution in [0.1, 0.15) is 22.7 Å². The molecular formula is C13H12F3N3. The van der Waals surface area contributed by atoms with Crippen molar-refractivity contribution in [2.75, 3.05) is 5.73 Å². The Kier molecular flexibility index (Phi) is 3.44. The minimum Gasteiger partial charge on any atom is -0.383 e. The summed E-state index contributed by atoms with van der Waals surface area (Å²) < 4.78 is 37.9. The Balaban J connectivity index is 2.40. The van der Waals surface area contributed by atoms with E-state index >= 15 is 0 Å². The molecule has 6 heteroatoms. The van der Waals surface area contributed by atoms with E-state index in [2.05, 4.69) is 4.98 Å². The molecule has 0 saturated heterocycles. The van der Waals surface area contributed by atoms with Crippen LogP contribution in [0.15, 0.2) is 42.6 Å². The molecule has 0 spiro atoms. The van der Waals surface area contributed by atoms with Gasteiger partial charge >= 0.3 is 6.18 Å². The van der Waals surface area contributed by atoms with Crippen LogP contribution in [0.4, 0.5) is 19.0 Å². The van der Waals surface area contributed by atoms with Gasteiger partial charge in [-0.3, -0.25) is 0 Å². The number of alkyl halides is 3. The maximum Gasteiger partial charge on any atom is 0.416 e. The van der Waals surface area contributed by atoms with Gasteiger partial charge < -0.3 is 11.5 Å². The summed E-state index contributed by atoms with van der Waals surface area (Å²) in [6, 6.07) is 7.43. The van der Waals surface area contributed by atoms with Crippen LogP contribution in [0.2, 0.25) is 0 Å². The molecule has 0 aliphatic rings. The van der Waals surface area contributed by atoms with E-state index < -0.39 is 17.8 Å². The van der Waals surface area contributed by atoms with E-state index in [1.807, 2.05) is 0 Å². The molecule has 100 valence electrons. The maximum atomic E-state index is 12.6. The molecule has 1 aromatic heterocycles. The van der Waals surface area contributed by atoms with E-state index in [9.17, 15) is 13.2 Å². The molecule has 3 nitrogen and oxygen atoms in total. The second-order valence-corrected chi connectivity index (χ2v) is 4.08. The summed E-state index contributed by atoms with van der Waals surface area (Å²) in [4.78, 5) is 3.87. The van der Waals surface area contributed by atoms with Crippen LogP contribution in [-0.2, 0) is 6.18 Å². The SMILES string of the molecule is Nc1ncccc1C(N)c1cccc(C(F)(F)F)c1. The second-order valence-electron chi connectivity index (χ2n) is 4.08. The van der Waals surface area contributed by atoms with Crippen molar-refractivity contribution in [3.05, 3.63) is 59.3 Å². The summed E-state index contributed by atoms with van der Waals surface area (Å²) in [5.41, 5.74) is 11.7. The molecule has 1 atom stereocenters. The van der Waals surface area contributed by atoms with Crippen molar-refractivity contribution in [1.82, 2.24) is 4.98 Å². The summed E-state index contributed by atoms with van der Waals surface area (Å²) in [7, 11) is 0. The van der Waals surface area contributed by atoms with Crippen molar-refractivity contribution in [3.8, 4) is 0 Å². The van der Waals surface area contributed by atoms with E-state index in [1.54, 1.807) is 12.1 Å². The third-order valence-electron chi connectivity index (χ3n) is 2.78. The van der Waals surface area contributed by atoms with Gasteiger partial charge in [-0.15, -0.1) is 0 Å². The monoisotopic (exact) mass is 267 g/mol. The van der Waals surface area contributed by atoms with Gasteiger partial charge in [-0.2, -0.15) is 13.2 Å². The van der Waals surface area contributed by atoms with Gasteiger partial charge in [0.15, 0.2) is 0 Å². The predicted octanol–water partition coefficient (Wildman–Crippen LogP) is 2.73. The summed E-state index contributed by atoms with van der Waals surface area (Å²) >= 11 is 0. The number of benzene rings is 1. The van der Waals surface area contributed by atoms with Gasteiger partial charge in [0.1, 0.15) is 5.82 Å². The number of rotatable bonds is 2. The maximum absolute atomic E-state index is 12.6. The van der Waals surface area contributed by atoms with Gasteiger partial charge in [-0.25, -0.2) is 4.98 Å². The van der Waals surface area contributed by atoms with Crippen LogP contribution in [0.25, 0.3) is 0 Å². The van der Waals surface area contributed by atoms with Crippen molar-refractivity contribution in [2.24, 2.45) is 5.73 Å². The second kappa shape index (κ2) is 4.89. The molecule has 19 heavy (non-hydrogen) atoms. The number of nitrogens with two attached hydrogens (primary N) is 2. The number of hydrogen-bond donors (Lipinski definition) is 2. The fraction of sp³-hybridized carbons (Fsp3) is 0.154. The Labute approximate surface area is 108 Å². The topological polar surface area (TPSA) is 64.9 Å². The molecule has 2 aromatic rings. The Morgan fingerprint density at radius 1 is 1.11 bits per heavy atom. The normalized spacial score (nSPS) is 13.3. The highest BCUT2D eigenvalue weighted by molar-refractivity contribution is 5.45. The lowest BCUT2D eigenvalue weighted by atomic mass is 9.98. The summed E-state index contributed by atoms with van der Waals surface area (Å²) in [6.07, 6.45) is -2.89. The van der Waals surface area contributed by atoms with Gasteiger partial charge in [0.25, 0.3) is 0 Å². The quantitative estimate of drug-likeness (QED) is 0.879. The van der Waals surface area contributed by atoms with Crippen LogP contribution in [0.3, 0.4) is 0 Å². The average Bonchev–Trinajstić information content (AvgIpc) is 2.38. The average molecular weight is 267 g/mol. The summed E-state index contributed by atoms with van der Waals surface area (Å²) in [5.74, 6) is 0.215. The number of halogens is 3. The molecule has 1 heterocycles. The van der Waals surface area contributed by atoms with Crippen LogP contribution < -0.4 is 11.5 Å². The minimum absolute atomic E-state index is 0.215. The van der Waals surface area contributed by atoms with E-state index in [4.69, 9.17) is 11.5 Å². The molecule has 0 amide bonds. The molecule has 2 rings (SSSR count). The Morgan fingerprint density at radius 3 is 2.47 bits per heavy atom. The lowest BCUT2D eigenvalue weighted by Gasteiger charge is -2.16. The fourth-order valence-corrected chi connectivity index (χ4v) is 1.78. The lowest BCUT2D eigenvalue weighted by Crippen LogP contribution is -2.15. The molecule has 0 bridgehead atoms. The van der Waals surface area contributed by atoms with Gasteiger partial charge in [0.05, 0.1) is 11.6 Å². The number of pyridine rings is 1. The van der Waals surface area contributed by atoms with Crippen LogP contribution in [0, 0.1) is 0 Å². The van der Waals surface area contributed by atoms with E-state index in [1.165, 1.54) is 18.3 Å². The zero-order valence-corrected chi connectivity index (χ0v) is 9.85. The fourth-order valence-electron chi connectivity index (χ4n) is 1.78. The van der Waals surface area contributed by atoms with E-state index in [0.29, 0.717) is 11.1 Å². The molecule has 0 saturated carbocycles. The first kappa shape index (κ1) is 13.4. The first-order valence-corrected chi connectivity index (χ1v) is 5.52. The smallest absolute Gasteiger partial charge is 0.383 e. The molecular weight excluding hydrogens is 255 g/mol. The molecule has 1 unspecified atom stereocenters. The van der Waals surface area contributed by atoms with Crippen molar-refractivity contribution in [1.29, 1.82) is 0 Å². The first-order chi connectivity index (χ1) is 8.89. The van der Waals surface area contributed by atoms with Crippen LogP contribution in [0.5, 0.6) is 0 Å². The molecule has 0 radical (unpaired) electrons. The number of hydrogen-bond acceptors (Lipinski definition) is 3. The standard InChI is InChI=1S/C13H12F3N3/c14-13(15,16)9-4-1-3-8(7-9)11(17)10-5-2-6-19-12(10)18/h1-7,11H,17H2,(H2,18,19). The zero-order valence-electron chi connectivity index (χ0n) is 9.85. The van der Waals surface area contributed by atoms with Crippen molar-refractivity contribution < 1.29 is 13.2 Å². The van der Waals surface area contributed by atoms with Gasteiger partial charge in [0.2, 0.25) is 0 Å². The van der Waals surface area contributed by atoms with Crippen LogP contribution >= 0.6 is 0 Å². The Hall–Kier alpha value is -2.08. The van der Waals surface area contributed by atoms with Gasteiger partial charge in [-0.1, -0.05) is 18.2 Å². The molecule has 1 aromatic carbocycles. The number of nitrogen functional groups attached to an aromatic ring is 1. The number of anilines is 1. The molecule has 0 aliphatic carbocycles. The molecule has 4 N–H and O–H groups in total. The third-order valence-corrected chi connectivity index (χ3v) is 2.78. The lowest BCUT2D eigenvalue weighted by molar-refractivity contribution is -0.137. The molecule has 0 fully saturated rings. The van der Waals surface area contributed by atoms with Crippen LogP contribution in [-0.4, -0.2) is 4.98 Å². The molecule has 0 aliphatic heterocycles. The van der Waals surface area contributed by atoms with E-state index in [-0.39, 0.29) is 5.82 Å². The van der Waals surface area contributed by atoms with Crippen molar-refractivity contribution in [2.45, 2.75) is 12.2 Å². The highest BCUT2D eigenvalue weighted by atomic mass is 19.4. The Morgan fingerprint density at radius 2 is 1.84 bits per heavy atom. The van der Waals surface area contributed by atoms with Gasteiger partial charge in [0, 0.05) is 11.8 Å². The summed E-state index contributed by atoms with van der Waals surface area (Å²) in [6.45, 7) is 0. The minimum atomic E-state index is -4.39. The van der Waals surface area contributed by atoms with Gasteiger partial charge in [-0.05, 0) is 23.8 Å². The van der Waals surface area contributed by atoms with E-state index in [0.717, 1.165) is 12.1 Å². The summed E-state index contributed by atoms with van der Waals surface area (Å²) in [5, 5.41) is 0. The number of nitrogens with zero attached hydrogens (tertiary/aromatic N) is 1. The third kappa shape index (κ3) is 2.85. The highest BCUT2D eigenvalue weighted by Gasteiger charge is 2.30. The van der Waals surface area contributed by atoms with Crippen molar-refractivity contribution >= 4 is 5.82 Å².